The summed E-state index contributed by atoms with van der Waals surface area (Å²) in [6, 6.07) is 13.3. The molecule has 6 nitrogen and oxygen atoms in total. The van der Waals surface area contributed by atoms with Crippen molar-refractivity contribution in [1.29, 1.82) is 0 Å². The Bertz CT molecular complexity index is 1170. The number of rotatable bonds is 7. The molecular weight excluding hydrogens is 468 g/mol. The molecule has 2 aromatic rings. The van der Waals surface area contributed by atoms with Crippen LogP contribution in [0.15, 0.2) is 58.3 Å². The Morgan fingerprint density at radius 1 is 0.941 bits per heavy atom. The van der Waals surface area contributed by atoms with Crippen LogP contribution < -0.4 is 10.6 Å². The van der Waals surface area contributed by atoms with Crippen molar-refractivity contribution in [3.05, 3.63) is 54.1 Å². The number of benzene rings is 2. The van der Waals surface area contributed by atoms with Gasteiger partial charge >= 0.3 is 0 Å². The fraction of sp³-hybridized carbons (Fsp3) is 0.462. The minimum Gasteiger partial charge on any atom is -0.350 e. The molecule has 2 amide bonds. The van der Waals surface area contributed by atoms with E-state index in [0.29, 0.717) is 11.3 Å². The molecule has 4 saturated carbocycles. The molecule has 4 aliphatic rings. The van der Waals surface area contributed by atoms with E-state index in [4.69, 9.17) is 0 Å². The van der Waals surface area contributed by atoms with Gasteiger partial charge in [0.2, 0.25) is 5.91 Å². The summed E-state index contributed by atoms with van der Waals surface area (Å²) in [7, 11) is -3.29. The molecular formula is C26H30N2O4S2. The molecule has 0 aromatic heterocycles. The maximum Gasteiger partial charge on any atom is 0.256 e. The maximum atomic E-state index is 12.9. The number of hydrogen-bond donors (Lipinski definition) is 2. The third kappa shape index (κ3) is 5.03. The fourth-order valence-electron chi connectivity index (χ4n) is 6.50. The number of carbonyl (C=O) groups excluding carboxylic acids is 2. The number of amides is 2. The molecule has 0 radical (unpaired) electrons. The van der Waals surface area contributed by atoms with Crippen LogP contribution in [0.1, 0.15) is 48.9 Å². The van der Waals surface area contributed by atoms with Gasteiger partial charge < -0.3 is 10.6 Å². The van der Waals surface area contributed by atoms with Crippen molar-refractivity contribution >= 4 is 39.1 Å². The van der Waals surface area contributed by atoms with Crippen LogP contribution in [0, 0.1) is 17.8 Å². The van der Waals surface area contributed by atoms with Gasteiger partial charge in [-0.2, -0.15) is 0 Å². The number of hydrogen-bond acceptors (Lipinski definition) is 5. The van der Waals surface area contributed by atoms with Gasteiger partial charge in [-0.3, -0.25) is 9.59 Å². The standard InChI is InChI=1S/C26H30N2O4S2/c1-34(31,32)21-8-6-20(7-9-21)27-25(30)22-4-2-3-5-23(22)33-16-24(29)28-26-13-17-10-18(14-26)12-19(11-17)15-26/h2-9,17-19H,10-16H2,1H3,(H,27,30)(H,28,29). The van der Waals surface area contributed by atoms with Crippen LogP contribution in [0.2, 0.25) is 0 Å². The molecule has 2 N–H and O–H groups in total. The highest BCUT2D eigenvalue weighted by Gasteiger charge is 2.51. The first-order valence-corrected chi connectivity index (χ1v) is 14.7. The average molecular weight is 499 g/mol. The number of carbonyl (C=O) groups is 2. The molecule has 4 fully saturated rings. The van der Waals surface area contributed by atoms with Crippen LogP contribution in [-0.4, -0.2) is 37.8 Å². The highest BCUT2D eigenvalue weighted by Crippen LogP contribution is 2.55. The fourth-order valence-corrected chi connectivity index (χ4v) is 7.98. The molecule has 0 atom stereocenters. The maximum absolute atomic E-state index is 12.9. The minimum atomic E-state index is -3.29. The zero-order chi connectivity index (χ0) is 23.9. The predicted octanol–water partition coefficient (Wildman–Crippen LogP) is 4.52. The summed E-state index contributed by atoms with van der Waals surface area (Å²) in [6.45, 7) is 0. The molecule has 6 rings (SSSR count). The van der Waals surface area contributed by atoms with E-state index in [2.05, 4.69) is 10.6 Å². The Kier molecular flexibility index (Phi) is 6.23. The van der Waals surface area contributed by atoms with E-state index in [-0.39, 0.29) is 28.0 Å². The van der Waals surface area contributed by atoms with Crippen molar-refractivity contribution < 1.29 is 18.0 Å². The summed E-state index contributed by atoms with van der Waals surface area (Å²) in [4.78, 5) is 26.8. The Hall–Kier alpha value is -2.32. The van der Waals surface area contributed by atoms with Gasteiger partial charge in [0, 0.05) is 22.4 Å². The highest BCUT2D eigenvalue weighted by atomic mass is 32.2. The Morgan fingerprint density at radius 2 is 1.53 bits per heavy atom. The Morgan fingerprint density at radius 3 is 2.12 bits per heavy atom. The predicted molar refractivity (Wildman–Crippen MR) is 134 cm³/mol. The summed E-state index contributed by atoms with van der Waals surface area (Å²) in [5, 5.41) is 6.21. The van der Waals surface area contributed by atoms with Crippen molar-refractivity contribution in [3.63, 3.8) is 0 Å². The summed E-state index contributed by atoms with van der Waals surface area (Å²) in [5.41, 5.74) is 0.987. The lowest BCUT2D eigenvalue weighted by molar-refractivity contribution is -0.124. The van der Waals surface area contributed by atoms with Gasteiger partial charge in [-0.1, -0.05) is 12.1 Å². The molecule has 0 aliphatic heterocycles. The van der Waals surface area contributed by atoms with Crippen molar-refractivity contribution in [1.82, 2.24) is 5.32 Å². The van der Waals surface area contributed by atoms with Crippen molar-refractivity contribution in [2.45, 2.75) is 53.9 Å². The first-order valence-electron chi connectivity index (χ1n) is 11.8. The smallest absolute Gasteiger partial charge is 0.256 e. The van der Waals surface area contributed by atoms with Crippen LogP contribution in [0.4, 0.5) is 5.69 Å². The van der Waals surface area contributed by atoms with Crippen LogP contribution in [0.3, 0.4) is 0 Å². The molecule has 180 valence electrons. The van der Waals surface area contributed by atoms with Gasteiger partial charge in [0.05, 0.1) is 16.2 Å². The quantitative estimate of drug-likeness (QED) is 0.548. The molecule has 2 aromatic carbocycles. The first-order chi connectivity index (χ1) is 16.2. The molecule has 0 saturated heterocycles. The first kappa shape index (κ1) is 23.4. The molecule has 8 heteroatoms. The van der Waals surface area contributed by atoms with Crippen molar-refractivity contribution in [3.8, 4) is 0 Å². The third-order valence-corrected chi connectivity index (χ3v) is 9.68. The van der Waals surface area contributed by atoms with Gasteiger partial charge in [-0.05, 0) is 92.7 Å². The second kappa shape index (κ2) is 9.04. The molecule has 0 heterocycles. The second-order valence-electron chi connectivity index (χ2n) is 10.3. The average Bonchev–Trinajstić information content (AvgIpc) is 2.76. The van der Waals surface area contributed by atoms with E-state index in [1.54, 1.807) is 24.3 Å². The van der Waals surface area contributed by atoms with Gasteiger partial charge in [0.1, 0.15) is 0 Å². The van der Waals surface area contributed by atoms with E-state index in [1.165, 1.54) is 43.2 Å². The van der Waals surface area contributed by atoms with Gasteiger partial charge in [0.25, 0.3) is 5.91 Å². The van der Waals surface area contributed by atoms with Gasteiger partial charge in [0.15, 0.2) is 9.84 Å². The normalized spacial score (nSPS) is 27.4. The van der Waals surface area contributed by atoms with Gasteiger partial charge in [-0.15, -0.1) is 11.8 Å². The molecule has 0 spiro atoms. The van der Waals surface area contributed by atoms with E-state index >= 15 is 0 Å². The van der Waals surface area contributed by atoms with E-state index < -0.39 is 9.84 Å². The highest BCUT2D eigenvalue weighted by molar-refractivity contribution is 8.00. The topological polar surface area (TPSA) is 92.3 Å². The lowest BCUT2D eigenvalue weighted by Crippen LogP contribution is -2.60. The van der Waals surface area contributed by atoms with Gasteiger partial charge in [-0.25, -0.2) is 8.42 Å². The molecule has 4 bridgehead atoms. The lowest BCUT2D eigenvalue weighted by Gasteiger charge is -2.56. The lowest BCUT2D eigenvalue weighted by atomic mass is 9.53. The van der Waals surface area contributed by atoms with Crippen LogP contribution in [-0.2, 0) is 14.6 Å². The number of sulfone groups is 1. The molecule has 0 unspecified atom stereocenters. The largest absolute Gasteiger partial charge is 0.350 e. The summed E-state index contributed by atoms with van der Waals surface area (Å²) < 4.78 is 23.3. The minimum absolute atomic E-state index is 0.0125. The third-order valence-electron chi connectivity index (χ3n) is 7.47. The van der Waals surface area contributed by atoms with E-state index in [0.717, 1.165) is 48.2 Å². The monoisotopic (exact) mass is 498 g/mol. The summed E-state index contributed by atoms with van der Waals surface area (Å²) in [5.74, 6) is 2.34. The summed E-state index contributed by atoms with van der Waals surface area (Å²) >= 11 is 1.38. The second-order valence-corrected chi connectivity index (χ2v) is 13.3. The number of anilines is 1. The number of thioether (sulfide) groups is 1. The molecule has 34 heavy (non-hydrogen) atoms. The zero-order valence-electron chi connectivity index (χ0n) is 19.3. The summed E-state index contributed by atoms with van der Waals surface area (Å²) in [6.07, 6.45) is 8.51. The Balaban J connectivity index is 1.21. The van der Waals surface area contributed by atoms with Crippen LogP contribution in [0.5, 0.6) is 0 Å². The van der Waals surface area contributed by atoms with Crippen molar-refractivity contribution in [2.24, 2.45) is 17.8 Å². The van der Waals surface area contributed by atoms with Crippen molar-refractivity contribution in [2.75, 3.05) is 17.3 Å². The SMILES string of the molecule is CS(=O)(=O)c1ccc(NC(=O)c2ccccc2SCC(=O)NC23CC4CC(CC(C4)C2)C3)cc1. The zero-order valence-corrected chi connectivity index (χ0v) is 20.9. The van der Waals surface area contributed by atoms with Crippen LogP contribution in [0.25, 0.3) is 0 Å². The van der Waals surface area contributed by atoms with E-state index in [1.807, 2.05) is 12.1 Å². The Labute approximate surface area is 205 Å². The molecule has 4 aliphatic carbocycles. The number of nitrogens with one attached hydrogen (secondary N) is 2. The van der Waals surface area contributed by atoms with E-state index in [9.17, 15) is 18.0 Å². The van der Waals surface area contributed by atoms with Crippen LogP contribution >= 0.6 is 11.8 Å².